The summed E-state index contributed by atoms with van der Waals surface area (Å²) in [7, 11) is 1.44. The van der Waals surface area contributed by atoms with Crippen molar-refractivity contribution in [2.45, 2.75) is 32.4 Å². The number of hydrogen-bond donors (Lipinski definition) is 4. The zero-order valence-corrected chi connectivity index (χ0v) is 9.33. The molecule has 2 atom stereocenters. The van der Waals surface area contributed by atoms with Gasteiger partial charge < -0.3 is 15.7 Å². The topological polar surface area (TPSA) is 90.5 Å². The van der Waals surface area contributed by atoms with Gasteiger partial charge in [0.15, 0.2) is 0 Å². The number of aliphatic hydroxyl groups is 1. The number of amides is 3. The molecule has 0 aliphatic carbocycles. The molecule has 0 bridgehead atoms. The maximum Gasteiger partial charge on any atom is 0.321 e. The second-order valence-electron chi connectivity index (χ2n) is 3.37. The van der Waals surface area contributed by atoms with Crippen molar-refractivity contribution in [3.8, 4) is 0 Å². The molecule has 0 heterocycles. The maximum atomic E-state index is 11.4. The zero-order valence-electron chi connectivity index (χ0n) is 9.33. The third kappa shape index (κ3) is 6.03. The minimum Gasteiger partial charge on any atom is -0.396 e. The van der Waals surface area contributed by atoms with E-state index < -0.39 is 12.1 Å². The summed E-state index contributed by atoms with van der Waals surface area (Å²) < 4.78 is 0. The smallest absolute Gasteiger partial charge is 0.321 e. The van der Waals surface area contributed by atoms with Crippen LogP contribution in [-0.4, -0.2) is 42.8 Å². The fraction of sp³-hybridized carbons (Fsp3) is 0.778. The predicted molar refractivity (Wildman–Crippen MR) is 56.4 cm³/mol. The molecule has 4 N–H and O–H groups in total. The number of hydrogen-bond acceptors (Lipinski definition) is 4. The van der Waals surface area contributed by atoms with Gasteiger partial charge in [-0.1, -0.05) is 0 Å². The molecular formula is C9H19N3O3. The van der Waals surface area contributed by atoms with Crippen molar-refractivity contribution in [3.63, 3.8) is 0 Å². The number of urea groups is 1. The van der Waals surface area contributed by atoms with Gasteiger partial charge in [0.1, 0.15) is 0 Å². The van der Waals surface area contributed by atoms with Gasteiger partial charge in [-0.3, -0.25) is 10.1 Å². The molecule has 2 unspecified atom stereocenters. The van der Waals surface area contributed by atoms with Gasteiger partial charge in [-0.15, -0.1) is 0 Å². The minimum absolute atomic E-state index is 0.0282. The number of nitrogens with one attached hydrogen (secondary N) is 3. The first-order valence-electron chi connectivity index (χ1n) is 4.90. The Bertz CT molecular complexity index is 221. The van der Waals surface area contributed by atoms with E-state index in [4.69, 9.17) is 5.11 Å². The quantitative estimate of drug-likeness (QED) is 0.485. The molecule has 15 heavy (non-hydrogen) atoms. The average molecular weight is 217 g/mol. The molecule has 88 valence electrons. The van der Waals surface area contributed by atoms with Crippen molar-refractivity contribution >= 4 is 11.9 Å². The highest BCUT2D eigenvalue weighted by Gasteiger charge is 2.16. The van der Waals surface area contributed by atoms with Gasteiger partial charge in [-0.2, -0.15) is 0 Å². The highest BCUT2D eigenvalue weighted by molar-refractivity contribution is 5.96. The van der Waals surface area contributed by atoms with E-state index in [2.05, 4.69) is 16.0 Å². The summed E-state index contributed by atoms with van der Waals surface area (Å²) >= 11 is 0. The summed E-state index contributed by atoms with van der Waals surface area (Å²) in [5, 5.41) is 16.1. The van der Waals surface area contributed by atoms with E-state index in [1.807, 2.05) is 6.92 Å². The van der Waals surface area contributed by atoms with E-state index in [0.717, 1.165) is 0 Å². The molecule has 0 saturated carbocycles. The Morgan fingerprint density at radius 3 is 2.40 bits per heavy atom. The van der Waals surface area contributed by atoms with E-state index in [9.17, 15) is 9.59 Å². The highest BCUT2D eigenvalue weighted by atomic mass is 16.3. The van der Waals surface area contributed by atoms with E-state index in [1.54, 1.807) is 6.92 Å². The van der Waals surface area contributed by atoms with Crippen LogP contribution in [0.4, 0.5) is 4.79 Å². The van der Waals surface area contributed by atoms with E-state index in [1.165, 1.54) is 7.05 Å². The normalized spacial score (nSPS) is 14.1. The molecule has 0 saturated heterocycles. The molecule has 6 heteroatoms. The van der Waals surface area contributed by atoms with Crippen LogP contribution in [0.3, 0.4) is 0 Å². The molecule has 0 aromatic rings. The van der Waals surface area contributed by atoms with Crippen LogP contribution in [0.2, 0.25) is 0 Å². The second kappa shape index (κ2) is 7.19. The minimum atomic E-state index is -0.525. The lowest BCUT2D eigenvalue weighted by molar-refractivity contribution is -0.121. The Morgan fingerprint density at radius 2 is 1.93 bits per heavy atom. The van der Waals surface area contributed by atoms with Gasteiger partial charge in [0.2, 0.25) is 5.91 Å². The molecule has 0 fully saturated rings. The third-order valence-electron chi connectivity index (χ3n) is 1.95. The van der Waals surface area contributed by atoms with E-state index in [-0.39, 0.29) is 18.6 Å². The van der Waals surface area contributed by atoms with Crippen molar-refractivity contribution in [1.82, 2.24) is 16.0 Å². The Hall–Kier alpha value is -1.14. The molecule has 6 nitrogen and oxygen atoms in total. The third-order valence-corrected chi connectivity index (χ3v) is 1.95. The van der Waals surface area contributed by atoms with Crippen LogP contribution in [0.1, 0.15) is 20.3 Å². The Morgan fingerprint density at radius 1 is 1.33 bits per heavy atom. The number of carbonyl (C=O) groups excluding carboxylic acids is 2. The van der Waals surface area contributed by atoms with Crippen molar-refractivity contribution in [2.75, 3.05) is 13.7 Å². The number of imide groups is 1. The van der Waals surface area contributed by atoms with Gasteiger partial charge >= 0.3 is 6.03 Å². The molecule has 0 aliphatic heterocycles. The predicted octanol–water partition coefficient (Wildman–Crippen LogP) is -0.809. The van der Waals surface area contributed by atoms with Crippen LogP contribution in [0.5, 0.6) is 0 Å². The number of rotatable bonds is 5. The van der Waals surface area contributed by atoms with Crippen LogP contribution in [0, 0.1) is 0 Å². The SMILES string of the molecule is CNC(=O)NC(=O)C(C)NC(C)CCO. The largest absolute Gasteiger partial charge is 0.396 e. The van der Waals surface area contributed by atoms with Gasteiger partial charge in [0, 0.05) is 19.7 Å². The standard InChI is InChI=1S/C9H19N3O3/c1-6(4-5-13)11-7(2)8(14)12-9(15)10-3/h6-7,11,13H,4-5H2,1-3H3,(H2,10,12,14,15). The first-order chi connectivity index (χ1) is 7.01. The summed E-state index contributed by atoms with van der Waals surface area (Å²) in [6.07, 6.45) is 0.567. The molecule has 3 amide bonds. The van der Waals surface area contributed by atoms with Crippen molar-refractivity contribution in [1.29, 1.82) is 0 Å². The fourth-order valence-electron chi connectivity index (χ4n) is 1.06. The van der Waals surface area contributed by atoms with E-state index in [0.29, 0.717) is 6.42 Å². The van der Waals surface area contributed by atoms with Gasteiger partial charge in [-0.05, 0) is 20.3 Å². The molecule has 0 aromatic heterocycles. The van der Waals surface area contributed by atoms with Crippen LogP contribution >= 0.6 is 0 Å². The molecule has 0 rings (SSSR count). The summed E-state index contributed by atoms with van der Waals surface area (Å²) in [6.45, 7) is 3.59. The van der Waals surface area contributed by atoms with Crippen molar-refractivity contribution in [3.05, 3.63) is 0 Å². The first-order valence-corrected chi connectivity index (χ1v) is 4.90. The zero-order chi connectivity index (χ0) is 11.8. The Balaban J connectivity index is 3.93. The number of aliphatic hydroxyl groups excluding tert-OH is 1. The van der Waals surface area contributed by atoms with Gasteiger partial charge in [0.05, 0.1) is 6.04 Å². The Kier molecular flexibility index (Phi) is 6.64. The number of carbonyl (C=O) groups is 2. The average Bonchev–Trinajstić information content (AvgIpc) is 2.17. The molecule has 0 spiro atoms. The lowest BCUT2D eigenvalue weighted by atomic mass is 10.2. The van der Waals surface area contributed by atoms with Crippen LogP contribution < -0.4 is 16.0 Å². The monoisotopic (exact) mass is 217 g/mol. The van der Waals surface area contributed by atoms with Crippen LogP contribution in [0.15, 0.2) is 0 Å². The summed E-state index contributed by atoms with van der Waals surface area (Å²) in [6, 6.07) is -0.965. The van der Waals surface area contributed by atoms with Crippen molar-refractivity contribution in [2.24, 2.45) is 0 Å². The summed E-state index contributed by atoms with van der Waals surface area (Å²) in [5.74, 6) is -0.390. The molecular weight excluding hydrogens is 198 g/mol. The van der Waals surface area contributed by atoms with Gasteiger partial charge in [0.25, 0.3) is 0 Å². The summed E-state index contributed by atoms with van der Waals surface area (Å²) in [4.78, 5) is 22.2. The lowest BCUT2D eigenvalue weighted by Crippen LogP contribution is -2.49. The van der Waals surface area contributed by atoms with Crippen LogP contribution in [0.25, 0.3) is 0 Å². The van der Waals surface area contributed by atoms with Crippen molar-refractivity contribution < 1.29 is 14.7 Å². The highest BCUT2D eigenvalue weighted by Crippen LogP contribution is 1.92. The molecule has 0 aliphatic rings. The maximum absolute atomic E-state index is 11.4. The van der Waals surface area contributed by atoms with Gasteiger partial charge in [-0.25, -0.2) is 4.79 Å². The first kappa shape index (κ1) is 13.9. The second-order valence-corrected chi connectivity index (χ2v) is 3.37. The van der Waals surface area contributed by atoms with E-state index >= 15 is 0 Å². The van der Waals surface area contributed by atoms with Crippen LogP contribution in [-0.2, 0) is 4.79 Å². The molecule has 0 aromatic carbocycles. The fourth-order valence-corrected chi connectivity index (χ4v) is 1.06. The lowest BCUT2D eigenvalue weighted by Gasteiger charge is -2.18. The summed E-state index contributed by atoms with van der Waals surface area (Å²) in [5.41, 5.74) is 0. The molecule has 0 radical (unpaired) electrons. The Labute approximate surface area is 89.4 Å².